The number of hydrogen-bond acceptors (Lipinski definition) is 4. The number of rotatable bonds is 2. The number of nitrogens with one attached hydrogen (secondary N) is 1. The van der Waals surface area contributed by atoms with Gasteiger partial charge in [0.2, 0.25) is 0 Å². The molecule has 1 fully saturated rings. The first-order valence-corrected chi connectivity index (χ1v) is 7.18. The fourth-order valence-corrected chi connectivity index (χ4v) is 2.68. The summed E-state index contributed by atoms with van der Waals surface area (Å²) in [6.07, 6.45) is 1.91. The average molecular weight is 289 g/mol. The van der Waals surface area contributed by atoms with Crippen LogP contribution in [0.4, 0.5) is 5.69 Å². The lowest BCUT2D eigenvalue weighted by Gasteiger charge is -2.30. The molecule has 1 aromatic heterocycles. The highest BCUT2D eigenvalue weighted by Gasteiger charge is 2.18. The Labute approximate surface area is 123 Å². The van der Waals surface area contributed by atoms with Crippen molar-refractivity contribution in [3.8, 4) is 11.3 Å². The number of nitrogens with zero attached hydrogens (tertiary/aromatic N) is 3. The maximum absolute atomic E-state index is 6.33. The molecule has 3 rings (SSSR count). The molecule has 1 aromatic carbocycles. The summed E-state index contributed by atoms with van der Waals surface area (Å²) in [6.45, 7) is 5.79. The van der Waals surface area contributed by atoms with Crippen LogP contribution in [0.15, 0.2) is 30.5 Å². The van der Waals surface area contributed by atoms with Gasteiger partial charge in [-0.15, -0.1) is 0 Å². The summed E-state index contributed by atoms with van der Waals surface area (Å²) < 4.78 is 0. The van der Waals surface area contributed by atoms with Crippen LogP contribution in [0.5, 0.6) is 0 Å². The monoisotopic (exact) mass is 288 g/mol. The topological polar surface area (TPSA) is 41.1 Å². The lowest BCUT2D eigenvalue weighted by Crippen LogP contribution is -2.43. The minimum absolute atomic E-state index is 0.724. The van der Waals surface area contributed by atoms with E-state index in [9.17, 15) is 0 Å². The smallest absolute Gasteiger partial charge is 0.126 e. The summed E-state index contributed by atoms with van der Waals surface area (Å²) >= 11 is 6.33. The Hall–Kier alpha value is -1.65. The first kappa shape index (κ1) is 13.3. The molecule has 1 saturated heterocycles. The first-order chi connectivity index (χ1) is 9.75. The van der Waals surface area contributed by atoms with Gasteiger partial charge in [-0.1, -0.05) is 29.8 Å². The lowest BCUT2D eigenvalue weighted by atomic mass is 10.1. The largest absolute Gasteiger partial charge is 0.366 e. The van der Waals surface area contributed by atoms with E-state index in [1.54, 1.807) is 0 Å². The first-order valence-electron chi connectivity index (χ1n) is 6.80. The van der Waals surface area contributed by atoms with Crippen LogP contribution in [-0.2, 0) is 0 Å². The van der Waals surface area contributed by atoms with Gasteiger partial charge in [-0.2, -0.15) is 0 Å². The highest BCUT2D eigenvalue weighted by atomic mass is 35.5. The second-order valence-electron chi connectivity index (χ2n) is 4.87. The fraction of sp³-hybridized carbons (Fsp3) is 0.333. The van der Waals surface area contributed by atoms with Crippen LogP contribution in [0.2, 0.25) is 5.02 Å². The standard InChI is InChI=1S/C15H17ClN4/c1-11-18-10-14(20-8-6-17-7-9-20)15(19-11)12-4-2-3-5-13(12)16/h2-5,10,17H,6-9H2,1H3. The molecule has 0 amide bonds. The highest BCUT2D eigenvalue weighted by molar-refractivity contribution is 6.33. The normalized spacial score (nSPS) is 15.4. The van der Waals surface area contributed by atoms with E-state index in [-0.39, 0.29) is 0 Å². The van der Waals surface area contributed by atoms with E-state index in [2.05, 4.69) is 20.2 Å². The van der Waals surface area contributed by atoms with Gasteiger partial charge in [-0.3, -0.25) is 0 Å². The molecule has 0 unspecified atom stereocenters. The van der Waals surface area contributed by atoms with Crippen LogP contribution >= 0.6 is 11.6 Å². The second-order valence-corrected chi connectivity index (χ2v) is 5.28. The number of anilines is 1. The van der Waals surface area contributed by atoms with Gasteiger partial charge >= 0.3 is 0 Å². The molecule has 0 spiro atoms. The van der Waals surface area contributed by atoms with E-state index in [4.69, 9.17) is 11.6 Å². The number of piperazine rings is 1. The van der Waals surface area contributed by atoms with E-state index in [1.165, 1.54) is 0 Å². The molecular formula is C15H17ClN4. The number of aryl methyl sites for hydroxylation is 1. The predicted molar refractivity (Wildman–Crippen MR) is 82.3 cm³/mol. The molecule has 104 valence electrons. The zero-order chi connectivity index (χ0) is 13.9. The molecule has 20 heavy (non-hydrogen) atoms. The Bertz CT molecular complexity index is 609. The van der Waals surface area contributed by atoms with Gasteiger partial charge < -0.3 is 10.2 Å². The Balaban J connectivity index is 2.09. The van der Waals surface area contributed by atoms with Crippen molar-refractivity contribution in [3.05, 3.63) is 41.3 Å². The van der Waals surface area contributed by atoms with E-state index in [1.807, 2.05) is 37.4 Å². The molecule has 4 nitrogen and oxygen atoms in total. The third-order valence-electron chi connectivity index (χ3n) is 3.48. The molecule has 5 heteroatoms. The van der Waals surface area contributed by atoms with E-state index in [0.717, 1.165) is 54.0 Å². The lowest BCUT2D eigenvalue weighted by molar-refractivity contribution is 0.588. The second kappa shape index (κ2) is 5.77. The van der Waals surface area contributed by atoms with E-state index < -0.39 is 0 Å². The SMILES string of the molecule is Cc1ncc(N2CCNCC2)c(-c2ccccc2Cl)n1. The Kier molecular flexibility index (Phi) is 3.85. The van der Waals surface area contributed by atoms with Gasteiger partial charge in [-0.25, -0.2) is 9.97 Å². The summed E-state index contributed by atoms with van der Waals surface area (Å²) in [5.41, 5.74) is 2.95. The fourth-order valence-electron chi connectivity index (χ4n) is 2.45. The van der Waals surface area contributed by atoms with Gasteiger partial charge in [-0.05, 0) is 13.0 Å². The van der Waals surface area contributed by atoms with Crippen LogP contribution in [0, 0.1) is 6.92 Å². The number of hydrogen-bond donors (Lipinski definition) is 1. The predicted octanol–water partition coefficient (Wildman–Crippen LogP) is 2.52. The number of aromatic nitrogens is 2. The van der Waals surface area contributed by atoms with Crippen molar-refractivity contribution in [2.45, 2.75) is 6.92 Å². The van der Waals surface area contributed by atoms with Crippen molar-refractivity contribution in [2.75, 3.05) is 31.1 Å². The van der Waals surface area contributed by atoms with Crippen molar-refractivity contribution in [2.24, 2.45) is 0 Å². The number of benzene rings is 1. The quantitative estimate of drug-likeness (QED) is 0.922. The minimum Gasteiger partial charge on any atom is -0.366 e. The van der Waals surface area contributed by atoms with Gasteiger partial charge in [0.15, 0.2) is 0 Å². The van der Waals surface area contributed by atoms with Crippen molar-refractivity contribution in [1.82, 2.24) is 15.3 Å². The maximum Gasteiger partial charge on any atom is 0.126 e. The van der Waals surface area contributed by atoms with E-state index >= 15 is 0 Å². The summed E-state index contributed by atoms with van der Waals surface area (Å²) in [5.74, 6) is 0.763. The third-order valence-corrected chi connectivity index (χ3v) is 3.81. The van der Waals surface area contributed by atoms with Crippen LogP contribution in [-0.4, -0.2) is 36.1 Å². The maximum atomic E-state index is 6.33. The average Bonchev–Trinajstić information content (AvgIpc) is 2.48. The molecule has 0 bridgehead atoms. The van der Waals surface area contributed by atoms with Gasteiger partial charge in [0, 0.05) is 31.7 Å². The summed E-state index contributed by atoms with van der Waals surface area (Å²) in [6, 6.07) is 7.83. The van der Waals surface area contributed by atoms with Crippen LogP contribution < -0.4 is 10.2 Å². The van der Waals surface area contributed by atoms with Crippen molar-refractivity contribution in [1.29, 1.82) is 0 Å². The Morgan fingerprint density at radius 1 is 1.20 bits per heavy atom. The molecule has 2 heterocycles. The summed E-state index contributed by atoms with van der Waals surface area (Å²) in [5, 5.41) is 4.08. The third kappa shape index (κ3) is 2.62. The zero-order valence-corrected chi connectivity index (χ0v) is 12.2. The van der Waals surface area contributed by atoms with Crippen molar-refractivity contribution >= 4 is 17.3 Å². The minimum atomic E-state index is 0.724. The molecule has 0 atom stereocenters. The molecular weight excluding hydrogens is 272 g/mol. The van der Waals surface area contributed by atoms with Crippen LogP contribution in [0.25, 0.3) is 11.3 Å². The highest BCUT2D eigenvalue weighted by Crippen LogP contribution is 2.33. The van der Waals surface area contributed by atoms with Crippen molar-refractivity contribution in [3.63, 3.8) is 0 Å². The molecule has 0 radical (unpaired) electrons. The zero-order valence-electron chi connectivity index (χ0n) is 11.4. The molecule has 1 aliphatic rings. The summed E-state index contributed by atoms with van der Waals surface area (Å²) in [7, 11) is 0. The van der Waals surface area contributed by atoms with Gasteiger partial charge in [0.25, 0.3) is 0 Å². The van der Waals surface area contributed by atoms with Crippen LogP contribution in [0.1, 0.15) is 5.82 Å². The summed E-state index contributed by atoms with van der Waals surface area (Å²) in [4.78, 5) is 11.3. The molecule has 0 aliphatic carbocycles. The number of halogens is 1. The molecule has 0 saturated carbocycles. The van der Waals surface area contributed by atoms with Gasteiger partial charge in [0.1, 0.15) is 5.82 Å². The van der Waals surface area contributed by atoms with Crippen molar-refractivity contribution < 1.29 is 0 Å². The molecule has 1 N–H and O–H groups in total. The van der Waals surface area contributed by atoms with Crippen LogP contribution in [0.3, 0.4) is 0 Å². The van der Waals surface area contributed by atoms with E-state index in [0.29, 0.717) is 0 Å². The molecule has 2 aromatic rings. The Morgan fingerprint density at radius 2 is 1.95 bits per heavy atom. The Morgan fingerprint density at radius 3 is 2.70 bits per heavy atom. The van der Waals surface area contributed by atoms with Gasteiger partial charge in [0.05, 0.1) is 22.6 Å². The molecule has 1 aliphatic heterocycles.